The Bertz CT molecular complexity index is 4780. The molecule has 5 aliphatic rings. The number of rotatable bonds is 52. The third-order valence-corrected chi connectivity index (χ3v) is 23.6. The van der Waals surface area contributed by atoms with Gasteiger partial charge in [-0.1, -0.05) is 113 Å². The largest absolute Gasteiger partial charge is 0.382 e. The minimum absolute atomic E-state index is 0. The number of fused-ring (bicyclic) bond motifs is 3. The van der Waals surface area contributed by atoms with Gasteiger partial charge in [0.2, 0.25) is 11.8 Å². The van der Waals surface area contributed by atoms with E-state index in [0.717, 1.165) is 101 Å². The minimum Gasteiger partial charge on any atom is -0.382 e. The molecule has 0 saturated carbocycles. The zero-order valence-corrected chi connectivity index (χ0v) is 81.0. The second-order valence-electron chi connectivity index (χ2n) is 32.6. The van der Waals surface area contributed by atoms with Gasteiger partial charge in [0.25, 0.3) is 29.5 Å². The number of carbonyl (C=O) groups excluding carboxylic acids is 11. The number of ether oxygens (including phenoxy) is 9. The van der Waals surface area contributed by atoms with Crippen molar-refractivity contribution in [2.24, 2.45) is 5.73 Å². The summed E-state index contributed by atoms with van der Waals surface area (Å²) in [5.74, 6) is -8.12. The summed E-state index contributed by atoms with van der Waals surface area (Å²) >= 11 is 38.6. The van der Waals surface area contributed by atoms with Crippen molar-refractivity contribution in [3.05, 3.63) is 189 Å². The molecule has 756 valence electrons. The van der Waals surface area contributed by atoms with Gasteiger partial charge < -0.3 is 120 Å². The molecule has 0 bridgehead atoms. The van der Waals surface area contributed by atoms with Crippen LogP contribution >= 0.6 is 69.6 Å². The highest BCUT2D eigenvalue weighted by Gasteiger charge is 2.42. The molecule has 0 spiro atoms. The van der Waals surface area contributed by atoms with Crippen molar-refractivity contribution in [2.45, 2.75) is 133 Å². The first-order valence-electron chi connectivity index (χ1n) is 44.9. The van der Waals surface area contributed by atoms with Crippen molar-refractivity contribution in [3.8, 4) is 0 Å². The number of hydrogen-bond acceptors (Lipinski definition) is 30. The number of hydrogen-bond donors (Lipinski definition) is 10. The summed E-state index contributed by atoms with van der Waals surface area (Å²) in [6.07, 6.45) is -7.52. The Labute approximate surface area is 831 Å². The highest BCUT2D eigenvalue weighted by Crippen LogP contribution is 2.43. The monoisotopic (exact) mass is 2040 g/mol. The van der Waals surface area contributed by atoms with Crippen molar-refractivity contribution in [3.63, 3.8) is 0 Å². The molecule has 2 saturated heterocycles. The number of hydroxylamine groups is 4. The summed E-state index contributed by atoms with van der Waals surface area (Å²) in [5, 5.41) is 57.6. The average Bonchev–Trinajstić information content (AvgIpc) is 1.24. The van der Waals surface area contributed by atoms with Crippen LogP contribution < -0.4 is 32.3 Å². The lowest BCUT2D eigenvalue weighted by molar-refractivity contribution is -0.216. The number of aliphatic hydroxyl groups is 4. The van der Waals surface area contributed by atoms with Gasteiger partial charge in [-0.2, -0.15) is 0 Å². The van der Waals surface area contributed by atoms with E-state index in [1.807, 2.05) is 85.9 Å². The smallest absolute Gasteiger partial charge is 0.364 e. The molecule has 0 aliphatic carbocycles. The van der Waals surface area contributed by atoms with Crippen molar-refractivity contribution < 1.29 is 125 Å². The maximum absolute atomic E-state index is 12.7. The number of imide groups is 2. The van der Waals surface area contributed by atoms with E-state index in [4.69, 9.17) is 118 Å². The standard InChI is InChI=1S/C56H72Cl4N6O12.C26H35Cl2N3O4.C12H12N2O10.CH4/c1-65-33-45(43-29-39(57)31-49(59)47(43)35-65)37-7-3-9-41(27-37)63-52(68)12-6-16-74-20-24-77-23-19-73-15-5-11-51(67)53(69)54(70)55(71)61-13-17-75-21-25-78-26-22-76-18-14-62-56(72)64-42-10-4-8-38(28-42)46-34-66(2)36-48-44(46)30-40(58)32-50(48)60;1-31-17-23(22-15-20(27)16-25(28)24(22)18-31)19-4-2-5-21(14-19)30-26(32)6-3-8-33-10-12-35-13-11-34-9-7-29;15-5-1-2-6(16)13(5)23-11(21)9(19)10(20)12(22)24-14-7(17)3-4-8(14)18;/h3-4,7-10,27-32,45-46,53-54,69-70H,5-6,11-26,33-36H2,1-2H3,(H,61,71)(H,63,68)(H2,62,64,72);2,4-5,14-16,23H,3,6-13,17-18,29H2,1H3,(H,30,32);9-10,19-20H,1-4H2;1H4. The molecule has 7 atom stereocenters. The first-order chi connectivity index (χ1) is 65.9. The Morgan fingerprint density at radius 1 is 0.384 bits per heavy atom. The fourth-order valence-corrected chi connectivity index (χ4v) is 16.9. The number of nitrogens with two attached hydrogens (primary N) is 1. The van der Waals surface area contributed by atoms with Crippen LogP contribution in [0.15, 0.2) is 109 Å². The van der Waals surface area contributed by atoms with Gasteiger partial charge in [0, 0.05) is 189 Å². The van der Waals surface area contributed by atoms with Crippen molar-refractivity contribution >= 4 is 152 Å². The van der Waals surface area contributed by atoms with Gasteiger partial charge >= 0.3 is 18.0 Å². The van der Waals surface area contributed by atoms with E-state index in [9.17, 15) is 73.2 Å². The van der Waals surface area contributed by atoms with Gasteiger partial charge in [0.1, 0.15) is 6.10 Å². The number of carbonyl (C=O) groups is 11. The van der Waals surface area contributed by atoms with E-state index >= 15 is 0 Å². The van der Waals surface area contributed by atoms with Crippen molar-refractivity contribution in [1.29, 1.82) is 0 Å². The number of aliphatic hydroxyl groups excluding tert-OH is 4. The third kappa shape index (κ3) is 37.4. The molecule has 5 heterocycles. The van der Waals surface area contributed by atoms with Crippen LogP contribution in [0.4, 0.5) is 21.9 Å². The number of nitrogens with zero attached hydrogens (tertiary/aromatic N) is 5. The summed E-state index contributed by atoms with van der Waals surface area (Å²) < 4.78 is 49.3. The first kappa shape index (κ1) is 114. The van der Waals surface area contributed by atoms with Crippen LogP contribution in [0.5, 0.6) is 0 Å². The van der Waals surface area contributed by atoms with Gasteiger partial charge in [-0.05, 0) is 163 Å². The Hall–Kier alpha value is -9.05. The molecule has 2 fully saturated rings. The normalized spacial score (nSPS) is 16.7. The molecule has 0 radical (unpaired) electrons. The predicted octanol–water partition coefficient (Wildman–Crippen LogP) is 9.14. The van der Waals surface area contributed by atoms with Crippen LogP contribution in [-0.4, -0.2) is 314 Å². The number of urea groups is 1. The highest BCUT2D eigenvalue weighted by atomic mass is 35.5. The molecule has 6 aromatic rings. The molecular weight excluding hydrogens is 1920 g/mol. The fraction of sp³-hybridized carbons (Fsp3) is 0.505. The highest BCUT2D eigenvalue weighted by molar-refractivity contribution is 6.36. The van der Waals surface area contributed by atoms with Crippen LogP contribution in [0.25, 0.3) is 0 Å². The number of amides is 9. The number of ketones is 1. The zero-order chi connectivity index (χ0) is 98.9. The molecule has 11 rings (SSSR count). The van der Waals surface area contributed by atoms with E-state index in [1.54, 1.807) is 18.2 Å². The summed E-state index contributed by atoms with van der Waals surface area (Å²) in [7, 11) is 6.19. The quantitative estimate of drug-likeness (QED) is 0.0126. The number of benzene rings is 6. The molecule has 5 aliphatic heterocycles. The number of likely N-dealkylation sites (N-methyl/N-ethyl adjacent to an activating group) is 3. The Morgan fingerprint density at radius 3 is 1.03 bits per heavy atom. The zero-order valence-electron chi connectivity index (χ0n) is 76.4. The van der Waals surface area contributed by atoms with Crippen LogP contribution in [-0.2, 0) is 120 Å². The lowest BCUT2D eigenvalue weighted by Crippen LogP contribution is -2.47. The average molecular weight is 2050 g/mol. The molecular formula is C95H123Cl6N11O26. The number of halogens is 6. The lowest BCUT2D eigenvalue weighted by Gasteiger charge is -2.33. The summed E-state index contributed by atoms with van der Waals surface area (Å²) in [6.45, 7) is 12.1. The van der Waals surface area contributed by atoms with Crippen LogP contribution in [0.1, 0.15) is 139 Å². The van der Waals surface area contributed by atoms with Gasteiger partial charge in [-0.25, -0.2) is 14.4 Å². The minimum atomic E-state index is -2.51. The molecule has 9 amide bonds. The second kappa shape index (κ2) is 60.3. The van der Waals surface area contributed by atoms with E-state index in [2.05, 4.69) is 77.2 Å². The van der Waals surface area contributed by atoms with Crippen LogP contribution in [0, 0.1) is 0 Å². The number of Topliss-reactive ketones (excluding diaryl/α,β-unsaturated/α-hetero) is 1. The first-order valence-corrected chi connectivity index (χ1v) is 47.1. The lowest BCUT2D eigenvalue weighted by atomic mass is 9.84. The number of nitrogens with one attached hydrogen (secondary N) is 5. The maximum Gasteiger partial charge on any atom is 0.364 e. The maximum atomic E-state index is 12.7. The van der Waals surface area contributed by atoms with E-state index in [1.165, 1.54) is 0 Å². The number of anilines is 3. The van der Waals surface area contributed by atoms with Crippen molar-refractivity contribution in [2.75, 3.05) is 195 Å². The summed E-state index contributed by atoms with van der Waals surface area (Å²) in [4.78, 5) is 146. The summed E-state index contributed by atoms with van der Waals surface area (Å²) in [5.41, 5.74) is 17.3. The van der Waals surface area contributed by atoms with E-state index in [0.29, 0.717) is 154 Å². The van der Waals surface area contributed by atoms with Gasteiger partial charge in [-0.3, -0.25) is 38.4 Å². The molecule has 138 heavy (non-hydrogen) atoms. The van der Waals surface area contributed by atoms with Gasteiger partial charge in [-0.15, -0.1) is 10.1 Å². The second-order valence-corrected chi connectivity index (χ2v) is 35.1. The van der Waals surface area contributed by atoms with Crippen LogP contribution in [0.3, 0.4) is 0 Å². The Balaban J connectivity index is 0.000000316. The fourth-order valence-electron chi connectivity index (χ4n) is 15.2. The predicted molar refractivity (Wildman–Crippen MR) is 515 cm³/mol. The Kier molecular flexibility index (Phi) is 49.9. The van der Waals surface area contributed by atoms with Gasteiger partial charge in [0.15, 0.2) is 24.1 Å². The molecule has 7 unspecified atom stereocenters. The Morgan fingerprint density at radius 2 is 0.688 bits per heavy atom. The molecule has 11 N–H and O–H groups in total. The van der Waals surface area contributed by atoms with Crippen molar-refractivity contribution in [1.82, 2.24) is 35.5 Å². The topological polar surface area (TPSA) is 473 Å². The van der Waals surface area contributed by atoms with E-state index in [-0.39, 0.29) is 138 Å². The molecule has 6 aromatic carbocycles. The van der Waals surface area contributed by atoms with Crippen LogP contribution in [0.2, 0.25) is 30.1 Å². The molecule has 37 nitrogen and oxygen atoms in total. The summed E-state index contributed by atoms with van der Waals surface area (Å²) in [6, 6.07) is 34.5. The molecule has 43 heteroatoms. The molecule has 0 aromatic heterocycles. The van der Waals surface area contributed by atoms with E-state index < -0.39 is 71.7 Å². The van der Waals surface area contributed by atoms with Gasteiger partial charge in [0.05, 0.1) is 99.1 Å². The SMILES string of the molecule is C.CN1Cc2c(Cl)cc(Cl)cc2C(c2cccc(NC(=O)CCCOCCOCCOCCCC(=O)C(O)C(O)C(=O)NCCOCCOCCOCCNC(=O)Nc3cccc(C4CN(C)Cc5c(Cl)cc(Cl)cc54)c3)c2)C1.CN1Cc2c(Cl)cc(Cl)cc2C(c2cccc(NC(=O)CCCOCCOCCOCCN)c2)C1.O=C(ON1C(=O)CCC1=O)C(O)C(O)C(=O)ON1C(=O)CCC1=O. The third-order valence-electron chi connectivity index (χ3n) is 21.9.